The van der Waals surface area contributed by atoms with Crippen molar-refractivity contribution in [3.8, 4) is 0 Å². The predicted molar refractivity (Wildman–Crippen MR) is 58.8 cm³/mol. The highest BCUT2D eigenvalue weighted by Crippen LogP contribution is 2.15. The van der Waals surface area contributed by atoms with Crippen molar-refractivity contribution < 1.29 is 0 Å². The van der Waals surface area contributed by atoms with Crippen LogP contribution in [0.4, 0.5) is 5.69 Å². The second kappa shape index (κ2) is 3.70. The van der Waals surface area contributed by atoms with Crippen molar-refractivity contribution in [2.24, 2.45) is 0 Å². The van der Waals surface area contributed by atoms with Crippen LogP contribution >= 0.6 is 0 Å². The SMILES string of the molecule is CCN(CC)c1ccn2ccnc2c1. The van der Waals surface area contributed by atoms with Gasteiger partial charge in [0.1, 0.15) is 5.65 Å². The summed E-state index contributed by atoms with van der Waals surface area (Å²) < 4.78 is 2.02. The average molecular weight is 189 g/mol. The molecule has 74 valence electrons. The highest BCUT2D eigenvalue weighted by Gasteiger charge is 2.02. The van der Waals surface area contributed by atoms with Crippen LogP contribution < -0.4 is 4.90 Å². The molecule has 0 N–H and O–H groups in total. The average Bonchev–Trinajstić information content (AvgIpc) is 2.66. The van der Waals surface area contributed by atoms with Gasteiger partial charge in [-0.05, 0) is 19.9 Å². The van der Waals surface area contributed by atoms with Crippen LogP contribution in [0.5, 0.6) is 0 Å². The molecule has 0 amide bonds. The fourth-order valence-corrected chi connectivity index (χ4v) is 1.68. The minimum Gasteiger partial charge on any atom is -0.372 e. The number of pyridine rings is 1. The van der Waals surface area contributed by atoms with Crippen molar-refractivity contribution in [3.05, 3.63) is 30.7 Å². The lowest BCUT2D eigenvalue weighted by molar-refractivity contribution is 0.864. The van der Waals surface area contributed by atoms with Gasteiger partial charge in [-0.2, -0.15) is 0 Å². The molecule has 0 aromatic carbocycles. The molecular formula is C11H15N3. The lowest BCUT2D eigenvalue weighted by atomic mass is 10.3. The summed E-state index contributed by atoms with van der Waals surface area (Å²) in [6.07, 6.45) is 5.83. The van der Waals surface area contributed by atoms with E-state index in [0.29, 0.717) is 0 Å². The molecule has 0 spiro atoms. The molecule has 2 heterocycles. The first-order valence-electron chi connectivity index (χ1n) is 5.02. The first kappa shape index (κ1) is 9.06. The Morgan fingerprint density at radius 1 is 1.29 bits per heavy atom. The molecule has 0 fully saturated rings. The highest BCUT2D eigenvalue weighted by molar-refractivity contribution is 5.55. The van der Waals surface area contributed by atoms with E-state index < -0.39 is 0 Å². The summed E-state index contributed by atoms with van der Waals surface area (Å²) in [5.41, 5.74) is 2.25. The summed E-state index contributed by atoms with van der Waals surface area (Å²) in [6.45, 7) is 6.40. The number of fused-ring (bicyclic) bond motifs is 1. The maximum atomic E-state index is 4.27. The van der Waals surface area contributed by atoms with Crippen molar-refractivity contribution in [1.82, 2.24) is 9.38 Å². The number of rotatable bonds is 3. The lowest BCUT2D eigenvalue weighted by Crippen LogP contribution is -2.21. The molecule has 0 atom stereocenters. The van der Waals surface area contributed by atoms with Crippen molar-refractivity contribution in [2.45, 2.75) is 13.8 Å². The van der Waals surface area contributed by atoms with E-state index in [1.807, 2.05) is 16.8 Å². The zero-order chi connectivity index (χ0) is 9.97. The molecule has 3 heteroatoms. The zero-order valence-corrected chi connectivity index (χ0v) is 8.64. The minimum absolute atomic E-state index is 1.01. The number of imidazole rings is 1. The molecule has 0 aliphatic carbocycles. The third-order valence-electron chi connectivity index (χ3n) is 2.51. The van der Waals surface area contributed by atoms with E-state index in [1.54, 1.807) is 0 Å². The van der Waals surface area contributed by atoms with E-state index in [4.69, 9.17) is 0 Å². The Hall–Kier alpha value is -1.51. The number of nitrogens with zero attached hydrogens (tertiary/aromatic N) is 3. The molecule has 0 saturated carbocycles. The van der Waals surface area contributed by atoms with Gasteiger partial charge in [-0.15, -0.1) is 0 Å². The molecule has 2 aromatic rings. The van der Waals surface area contributed by atoms with Crippen molar-refractivity contribution in [3.63, 3.8) is 0 Å². The van der Waals surface area contributed by atoms with Gasteiger partial charge in [0.2, 0.25) is 0 Å². The maximum Gasteiger partial charge on any atom is 0.138 e. The summed E-state index contributed by atoms with van der Waals surface area (Å²) in [5, 5.41) is 0. The van der Waals surface area contributed by atoms with Crippen LogP contribution in [0.2, 0.25) is 0 Å². The summed E-state index contributed by atoms with van der Waals surface area (Å²) in [4.78, 5) is 6.58. The molecule has 0 bridgehead atoms. The largest absolute Gasteiger partial charge is 0.372 e. The summed E-state index contributed by atoms with van der Waals surface area (Å²) in [6, 6.07) is 4.24. The second-order valence-corrected chi connectivity index (χ2v) is 3.25. The van der Waals surface area contributed by atoms with E-state index in [1.165, 1.54) is 5.69 Å². The first-order chi connectivity index (χ1) is 6.85. The van der Waals surface area contributed by atoms with Gasteiger partial charge in [-0.25, -0.2) is 4.98 Å². The molecule has 0 radical (unpaired) electrons. The van der Waals surface area contributed by atoms with Crippen molar-refractivity contribution >= 4 is 11.3 Å². The van der Waals surface area contributed by atoms with E-state index in [0.717, 1.165) is 18.7 Å². The van der Waals surface area contributed by atoms with Crippen molar-refractivity contribution in [2.75, 3.05) is 18.0 Å². The molecule has 2 aromatic heterocycles. The Balaban J connectivity index is 2.42. The smallest absolute Gasteiger partial charge is 0.138 e. The topological polar surface area (TPSA) is 20.5 Å². The van der Waals surface area contributed by atoms with Crippen LogP contribution in [0.1, 0.15) is 13.8 Å². The van der Waals surface area contributed by atoms with Crippen LogP contribution in [-0.4, -0.2) is 22.5 Å². The van der Waals surface area contributed by atoms with E-state index in [-0.39, 0.29) is 0 Å². The molecular weight excluding hydrogens is 174 g/mol. The van der Waals surface area contributed by atoms with Gasteiger partial charge in [-0.3, -0.25) is 0 Å². The number of hydrogen-bond donors (Lipinski definition) is 0. The Labute approximate surface area is 84.0 Å². The lowest BCUT2D eigenvalue weighted by Gasteiger charge is -2.20. The van der Waals surface area contributed by atoms with E-state index >= 15 is 0 Å². The van der Waals surface area contributed by atoms with Gasteiger partial charge in [0.05, 0.1) is 0 Å². The van der Waals surface area contributed by atoms with Gasteiger partial charge in [0.25, 0.3) is 0 Å². The van der Waals surface area contributed by atoms with Gasteiger partial charge in [0.15, 0.2) is 0 Å². The summed E-state index contributed by atoms with van der Waals surface area (Å²) >= 11 is 0. The minimum atomic E-state index is 1.01. The van der Waals surface area contributed by atoms with Crippen molar-refractivity contribution in [1.29, 1.82) is 0 Å². The van der Waals surface area contributed by atoms with E-state index in [9.17, 15) is 0 Å². The quantitative estimate of drug-likeness (QED) is 0.737. The van der Waals surface area contributed by atoms with Gasteiger partial charge < -0.3 is 9.30 Å². The van der Waals surface area contributed by atoms with E-state index in [2.05, 4.69) is 42.1 Å². The number of aromatic nitrogens is 2. The first-order valence-corrected chi connectivity index (χ1v) is 5.02. The third kappa shape index (κ3) is 1.45. The monoisotopic (exact) mass is 189 g/mol. The van der Waals surface area contributed by atoms with Crippen LogP contribution in [0.15, 0.2) is 30.7 Å². The standard InChI is InChI=1S/C11H15N3/c1-3-13(4-2)10-5-7-14-8-6-12-11(14)9-10/h5-9H,3-4H2,1-2H3. The Morgan fingerprint density at radius 3 is 2.79 bits per heavy atom. The summed E-state index contributed by atoms with van der Waals surface area (Å²) in [7, 11) is 0. The fraction of sp³-hybridized carbons (Fsp3) is 0.364. The Bertz CT molecular complexity index is 415. The molecule has 0 saturated heterocycles. The molecule has 14 heavy (non-hydrogen) atoms. The maximum absolute atomic E-state index is 4.27. The van der Waals surface area contributed by atoms with Gasteiger partial charge in [0, 0.05) is 43.4 Å². The Morgan fingerprint density at radius 2 is 2.07 bits per heavy atom. The van der Waals surface area contributed by atoms with Crippen LogP contribution in [0, 0.1) is 0 Å². The second-order valence-electron chi connectivity index (χ2n) is 3.25. The summed E-state index contributed by atoms with van der Waals surface area (Å²) in [5.74, 6) is 0. The molecule has 0 aliphatic heterocycles. The third-order valence-corrected chi connectivity index (χ3v) is 2.51. The molecule has 0 aliphatic rings. The van der Waals surface area contributed by atoms with Crippen LogP contribution in [-0.2, 0) is 0 Å². The number of hydrogen-bond acceptors (Lipinski definition) is 2. The molecule has 2 rings (SSSR count). The number of anilines is 1. The molecule has 3 nitrogen and oxygen atoms in total. The normalized spacial score (nSPS) is 10.7. The zero-order valence-electron chi connectivity index (χ0n) is 8.64. The van der Waals surface area contributed by atoms with Gasteiger partial charge >= 0.3 is 0 Å². The Kier molecular flexibility index (Phi) is 2.39. The van der Waals surface area contributed by atoms with Crippen LogP contribution in [0.3, 0.4) is 0 Å². The fourth-order valence-electron chi connectivity index (χ4n) is 1.68. The molecule has 0 unspecified atom stereocenters. The highest BCUT2D eigenvalue weighted by atomic mass is 15.1. The predicted octanol–water partition coefficient (Wildman–Crippen LogP) is 2.18. The van der Waals surface area contributed by atoms with Crippen LogP contribution in [0.25, 0.3) is 5.65 Å². The van der Waals surface area contributed by atoms with Gasteiger partial charge in [-0.1, -0.05) is 0 Å².